The number of methoxy groups -OCH3 is 1. The highest BCUT2D eigenvalue weighted by Crippen LogP contribution is 2.47. The number of hydrogen-bond acceptors (Lipinski definition) is 8. The zero-order chi connectivity index (χ0) is 26.7. The Morgan fingerprint density at radius 2 is 1.97 bits per heavy atom. The van der Waals surface area contributed by atoms with Crippen molar-refractivity contribution in [3.05, 3.63) is 63.3 Å². The minimum atomic E-state index is -0.332. The van der Waals surface area contributed by atoms with Gasteiger partial charge in [-0.1, -0.05) is 45.8 Å². The van der Waals surface area contributed by atoms with Crippen molar-refractivity contribution >= 4 is 55.9 Å². The lowest BCUT2D eigenvalue weighted by molar-refractivity contribution is -0.0401. The lowest BCUT2D eigenvalue weighted by Crippen LogP contribution is -2.55. The van der Waals surface area contributed by atoms with E-state index in [-0.39, 0.29) is 12.1 Å². The van der Waals surface area contributed by atoms with Crippen LogP contribution in [0.2, 0.25) is 10.0 Å². The Morgan fingerprint density at radius 1 is 1.15 bits per heavy atom. The average molecular weight is 585 g/mol. The smallest absolute Gasteiger partial charge is 0.337 e. The molecule has 2 aliphatic heterocycles. The van der Waals surface area contributed by atoms with Crippen LogP contribution in [0.3, 0.4) is 0 Å². The molecule has 2 bridgehead atoms. The van der Waals surface area contributed by atoms with Crippen molar-refractivity contribution in [3.8, 4) is 11.3 Å². The first-order chi connectivity index (χ1) is 19.0. The monoisotopic (exact) mass is 583 g/mol. The first-order valence-electron chi connectivity index (χ1n) is 13.3. The van der Waals surface area contributed by atoms with Crippen molar-refractivity contribution < 1.29 is 18.8 Å². The molecule has 7 nitrogen and oxygen atoms in total. The van der Waals surface area contributed by atoms with E-state index in [1.165, 1.54) is 7.11 Å². The van der Waals surface area contributed by atoms with Gasteiger partial charge in [-0.05, 0) is 62.4 Å². The lowest BCUT2D eigenvalue weighted by atomic mass is 9.78. The third kappa shape index (κ3) is 4.61. The van der Waals surface area contributed by atoms with Gasteiger partial charge >= 0.3 is 5.97 Å². The molecule has 0 amide bonds. The summed E-state index contributed by atoms with van der Waals surface area (Å²) in [5.74, 6) is 1.37. The minimum Gasteiger partial charge on any atom is -0.465 e. The Kier molecular flexibility index (Phi) is 6.54. The fourth-order valence-electron chi connectivity index (χ4n) is 6.02. The highest BCUT2D eigenvalue weighted by atomic mass is 35.5. The molecular weight excluding hydrogens is 557 g/mol. The zero-order valence-corrected chi connectivity index (χ0v) is 23.7. The summed E-state index contributed by atoms with van der Waals surface area (Å²) >= 11 is 14.7. The van der Waals surface area contributed by atoms with Crippen molar-refractivity contribution in [2.45, 2.75) is 56.8 Å². The predicted molar refractivity (Wildman–Crippen MR) is 152 cm³/mol. The van der Waals surface area contributed by atoms with Crippen LogP contribution in [-0.2, 0) is 16.1 Å². The topological polar surface area (TPSA) is 77.7 Å². The van der Waals surface area contributed by atoms with E-state index in [1.807, 2.05) is 30.3 Å². The van der Waals surface area contributed by atoms with Gasteiger partial charge in [0.2, 0.25) is 0 Å². The van der Waals surface area contributed by atoms with Gasteiger partial charge in [0.25, 0.3) is 0 Å². The highest BCUT2D eigenvalue weighted by Gasteiger charge is 2.43. The molecule has 4 aromatic rings. The number of benzene rings is 2. The minimum absolute atomic E-state index is 0.150. The van der Waals surface area contributed by atoms with Gasteiger partial charge in [0.15, 0.2) is 5.13 Å². The van der Waals surface area contributed by atoms with Crippen molar-refractivity contribution in [3.63, 3.8) is 0 Å². The van der Waals surface area contributed by atoms with Gasteiger partial charge in [0, 0.05) is 35.5 Å². The quantitative estimate of drug-likeness (QED) is 0.208. The number of fused-ring (bicyclic) bond motifs is 4. The molecule has 39 heavy (non-hydrogen) atoms. The van der Waals surface area contributed by atoms with E-state index in [0.717, 1.165) is 65.3 Å². The third-order valence-corrected chi connectivity index (χ3v) is 9.91. The van der Waals surface area contributed by atoms with Gasteiger partial charge < -0.3 is 18.9 Å². The van der Waals surface area contributed by atoms with E-state index >= 15 is 0 Å². The SMILES string of the molecule is COC(=O)c1ccc2nc(N3C[C@@H]4CC[C@H]3C[C@H]4OCc3c(-c4c(Cl)cccc4Cl)noc3C3CC3)sc2c1. The van der Waals surface area contributed by atoms with Gasteiger partial charge in [-0.3, -0.25) is 0 Å². The highest BCUT2D eigenvalue weighted by molar-refractivity contribution is 7.22. The van der Waals surface area contributed by atoms with Crippen LogP contribution in [-0.4, -0.2) is 41.9 Å². The molecule has 10 heteroatoms. The summed E-state index contributed by atoms with van der Waals surface area (Å²) < 4.78 is 18.3. The van der Waals surface area contributed by atoms with Gasteiger partial charge in [0.1, 0.15) is 11.5 Å². The number of carbonyl (C=O) groups excluding carboxylic acids is 1. The molecule has 2 aromatic carbocycles. The van der Waals surface area contributed by atoms with E-state index in [4.69, 9.17) is 42.2 Å². The summed E-state index contributed by atoms with van der Waals surface area (Å²) in [6, 6.07) is 11.4. The summed E-state index contributed by atoms with van der Waals surface area (Å²) in [5.41, 5.74) is 3.82. The van der Waals surface area contributed by atoms with Gasteiger partial charge in [-0.15, -0.1) is 0 Å². The van der Waals surface area contributed by atoms with E-state index in [1.54, 1.807) is 17.4 Å². The normalized spacial score (nSPS) is 22.5. The molecular formula is C29H27Cl2N3O4S. The number of carbonyl (C=O) groups is 1. The lowest BCUT2D eigenvalue weighted by Gasteiger charge is -2.49. The third-order valence-electron chi connectivity index (χ3n) is 8.22. The van der Waals surface area contributed by atoms with E-state index in [9.17, 15) is 4.79 Å². The van der Waals surface area contributed by atoms with E-state index < -0.39 is 0 Å². The van der Waals surface area contributed by atoms with E-state index in [2.05, 4.69) is 10.1 Å². The molecule has 2 saturated heterocycles. The molecule has 8 rings (SSSR count). The summed E-state index contributed by atoms with van der Waals surface area (Å²) in [6.07, 6.45) is 5.55. The number of ether oxygens (including phenoxy) is 2. The van der Waals surface area contributed by atoms with Crippen LogP contribution in [0.4, 0.5) is 5.13 Å². The Hall–Kier alpha value is -2.65. The fraction of sp³-hybridized carbons (Fsp3) is 0.414. The van der Waals surface area contributed by atoms with Crippen LogP contribution in [0.5, 0.6) is 0 Å². The zero-order valence-electron chi connectivity index (χ0n) is 21.4. The summed E-state index contributed by atoms with van der Waals surface area (Å²) in [5, 5.41) is 6.53. The van der Waals surface area contributed by atoms with Crippen LogP contribution in [0, 0.1) is 5.92 Å². The second-order valence-corrected chi connectivity index (χ2v) is 12.5. The Morgan fingerprint density at radius 3 is 2.69 bits per heavy atom. The van der Waals surface area contributed by atoms with Crippen LogP contribution in [0.15, 0.2) is 40.9 Å². The fourth-order valence-corrected chi connectivity index (χ4v) is 7.68. The molecule has 3 atom stereocenters. The summed E-state index contributed by atoms with van der Waals surface area (Å²) in [4.78, 5) is 19.3. The van der Waals surface area contributed by atoms with E-state index in [0.29, 0.717) is 51.4 Å². The van der Waals surface area contributed by atoms with Crippen molar-refractivity contribution in [1.29, 1.82) is 0 Å². The van der Waals surface area contributed by atoms with Crippen LogP contribution >= 0.6 is 34.5 Å². The molecule has 0 unspecified atom stereocenters. The molecule has 2 aromatic heterocycles. The number of thiazole rings is 1. The molecule has 4 fully saturated rings. The standard InChI is InChI=1S/C29H27Cl2N3O4S/c1-36-28(35)16-8-10-22-24(11-16)39-29(32-22)34-13-17-7-9-18(34)12-23(17)37-14-19-26(33-38-27(19)15-5-6-15)25-20(30)3-2-4-21(25)31/h2-4,8,10-11,15,17-18,23H,5-7,9,12-14H2,1H3/t17-,18-,23+/m0/s1. The predicted octanol–water partition coefficient (Wildman–Crippen LogP) is 7.50. The molecule has 202 valence electrons. The first kappa shape index (κ1) is 25.3. The van der Waals surface area contributed by atoms with Gasteiger partial charge in [-0.2, -0.15) is 0 Å². The number of piperidine rings is 2. The molecule has 0 radical (unpaired) electrons. The van der Waals surface area contributed by atoms with Crippen molar-refractivity contribution in [2.75, 3.05) is 18.6 Å². The largest absolute Gasteiger partial charge is 0.465 e. The van der Waals surface area contributed by atoms with Gasteiger partial charge in [-0.25, -0.2) is 9.78 Å². The van der Waals surface area contributed by atoms with Gasteiger partial charge in [0.05, 0.1) is 45.6 Å². The van der Waals surface area contributed by atoms with Crippen LogP contribution in [0.25, 0.3) is 21.5 Å². The number of hydrogen-bond donors (Lipinski definition) is 0. The second kappa shape index (κ2) is 10.1. The number of nitrogens with zero attached hydrogens (tertiary/aromatic N) is 3. The molecule has 0 N–H and O–H groups in total. The maximum absolute atomic E-state index is 12.0. The molecule has 2 saturated carbocycles. The number of anilines is 1. The van der Waals surface area contributed by atoms with Crippen LogP contribution in [0.1, 0.15) is 59.7 Å². The van der Waals surface area contributed by atoms with Crippen molar-refractivity contribution in [1.82, 2.24) is 10.1 Å². The molecule has 2 aliphatic carbocycles. The number of esters is 1. The maximum Gasteiger partial charge on any atom is 0.337 e. The molecule has 0 spiro atoms. The average Bonchev–Trinajstić information content (AvgIpc) is 3.57. The molecule has 4 aliphatic rings. The van der Waals surface area contributed by atoms with Crippen LogP contribution < -0.4 is 4.90 Å². The van der Waals surface area contributed by atoms with Crippen molar-refractivity contribution in [2.24, 2.45) is 5.92 Å². The second-order valence-electron chi connectivity index (χ2n) is 10.6. The number of halogens is 2. The summed E-state index contributed by atoms with van der Waals surface area (Å²) in [7, 11) is 1.40. The number of aromatic nitrogens is 2. The Balaban J connectivity index is 1.09. The first-order valence-corrected chi connectivity index (χ1v) is 14.9. The number of rotatable bonds is 7. The Labute approximate surface area is 240 Å². The Bertz CT molecular complexity index is 1550. The summed E-state index contributed by atoms with van der Waals surface area (Å²) in [6.45, 7) is 1.33. The maximum atomic E-state index is 12.0. The molecule has 4 heterocycles.